The maximum atomic E-state index is 12.4. The number of rotatable bonds is 8. The summed E-state index contributed by atoms with van der Waals surface area (Å²) >= 11 is 7.07. The number of hydrogen-bond donors (Lipinski definition) is 3. The van der Waals surface area contributed by atoms with E-state index < -0.39 is 23.5 Å². The minimum Gasteiger partial charge on any atom is -0.491 e. The summed E-state index contributed by atoms with van der Waals surface area (Å²) in [7, 11) is 1.50. The smallest absolute Gasteiger partial charge is 0.329 e. The molecule has 0 aliphatic heterocycles. The van der Waals surface area contributed by atoms with Crippen LogP contribution >= 0.6 is 23.4 Å². The molecule has 1 aromatic carbocycles. The first-order valence-corrected chi connectivity index (χ1v) is 10.2. The maximum Gasteiger partial charge on any atom is 0.329 e. The van der Waals surface area contributed by atoms with Crippen molar-refractivity contribution in [3.8, 4) is 5.75 Å². The van der Waals surface area contributed by atoms with Gasteiger partial charge in [-0.3, -0.25) is 14.3 Å². The van der Waals surface area contributed by atoms with Crippen LogP contribution in [0.1, 0.15) is 6.92 Å². The number of aliphatic hydroxyl groups is 2. The number of H-pyrrole nitrogens is 1. The number of aryl methyl sites for hydroxylation is 1. The molecule has 0 spiro atoms. The summed E-state index contributed by atoms with van der Waals surface area (Å²) < 4.78 is 8.34. The highest BCUT2D eigenvalue weighted by molar-refractivity contribution is 7.99. The van der Waals surface area contributed by atoms with E-state index in [1.807, 2.05) is 0 Å². The lowest BCUT2D eigenvalue weighted by atomic mass is 10.3. The number of thioether (sulfide) groups is 1. The van der Waals surface area contributed by atoms with E-state index >= 15 is 0 Å². The first-order valence-electron chi connectivity index (χ1n) is 8.83. The zero-order valence-electron chi connectivity index (χ0n) is 15.8. The minimum absolute atomic E-state index is 0.0213. The van der Waals surface area contributed by atoms with Gasteiger partial charge in [0.25, 0.3) is 5.56 Å². The van der Waals surface area contributed by atoms with Crippen LogP contribution in [0.25, 0.3) is 11.2 Å². The summed E-state index contributed by atoms with van der Waals surface area (Å²) in [5.74, 6) is 0.889. The Kier molecular flexibility index (Phi) is 6.68. The Bertz CT molecular complexity index is 1110. The van der Waals surface area contributed by atoms with Crippen molar-refractivity contribution in [3.05, 3.63) is 50.1 Å². The fraction of sp³-hybridized carbons (Fsp3) is 0.389. The molecule has 0 fully saturated rings. The Morgan fingerprint density at radius 2 is 1.97 bits per heavy atom. The van der Waals surface area contributed by atoms with Gasteiger partial charge < -0.3 is 19.5 Å². The largest absolute Gasteiger partial charge is 0.491 e. The first kappa shape index (κ1) is 21.4. The molecule has 0 saturated heterocycles. The summed E-state index contributed by atoms with van der Waals surface area (Å²) in [6.07, 6.45) is -1.54. The number of fused-ring (bicyclic) bond motifs is 1. The molecule has 156 valence electrons. The molecular formula is C18H21ClN4O5S. The summed E-state index contributed by atoms with van der Waals surface area (Å²) in [6.45, 7) is 1.64. The predicted octanol–water partition coefficient (Wildman–Crippen LogP) is 0.989. The molecule has 9 nitrogen and oxygen atoms in total. The van der Waals surface area contributed by atoms with Gasteiger partial charge in [-0.2, -0.15) is 0 Å². The van der Waals surface area contributed by atoms with Crippen LogP contribution in [0.15, 0.2) is 39.0 Å². The molecule has 2 aromatic heterocycles. The van der Waals surface area contributed by atoms with Crippen LogP contribution in [0.2, 0.25) is 5.02 Å². The molecule has 0 bridgehead atoms. The van der Waals surface area contributed by atoms with Gasteiger partial charge in [0.15, 0.2) is 16.3 Å². The van der Waals surface area contributed by atoms with Gasteiger partial charge in [-0.1, -0.05) is 23.4 Å². The number of nitrogens with zero attached hydrogens (tertiary/aromatic N) is 3. The molecule has 11 heteroatoms. The van der Waals surface area contributed by atoms with Crippen LogP contribution < -0.4 is 16.0 Å². The second-order valence-electron chi connectivity index (χ2n) is 6.57. The fourth-order valence-electron chi connectivity index (χ4n) is 2.68. The van der Waals surface area contributed by atoms with E-state index in [1.54, 1.807) is 31.2 Å². The number of hydrogen-bond acceptors (Lipinski definition) is 7. The summed E-state index contributed by atoms with van der Waals surface area (Å²) in [6, 6.07) is 6.73. The summed E-state index contributed by atoms with van der Waals surface area (Å²) in [5, 5.41) is 21.0. The maximum absolute atomic E-state index is 12.4. The molecule has 0 aliphatic carbocycles. The van der Waals surface area contributed by atoms with Crippen LogP contribution in [-0.4, -0.2) is 53.9 Å². The molecular weight excluding hydrogens is 420 g/mol. The molecule has 2 heterocycles. The van der Waals surface area contributed by atoms with Crippen molar-refractivity contribution in [1.29, 1.82) is 0 Å². The van der Waals surface area contributed by atoms with Crippen LogP contribution in [0.4, 0.5) is 0 Å². The van der Waals surface area contributed by atoms with E-state index in [-0.39, 0.29) is 24.3 Å². The minimum atomic E-state index is -0.953. The molecule has 29 heavy (non-hydrogen) atoms. The van der Waals surface area contributed by atoms with Crippen molar-refractivity contribution >= 4 is 34.5 Å². The Labute approximate surface area is 174 Å². The molecule has 0 amide bonds. The third-order valence-corrected chi connectivity index (χ3v) is 5.55. The average molecular weight is 441 g/mol. The van der Waals surface area contributed by atoms with Crippen LogP contribution in [0, 0.1) is 0 Å². The molecule has 3 N–H and O–H groups in total. The second-order valence-corrected chi connectivity index (χ2v) is 8.00. The van der Waals surface area contributed by atoms with Gasteiger partial charge in [0.05, 0.1) is 12.6 Å². The molecule has 0 aliphatic rings. The quantitative estimate of drug-likeness (QED) is 0.446. The van der Waals surface area contributed by atoms with Crippen LogP contribution in [0.3, 0.4) is 0 Å². The number of aliphatic hydroxyl groups excluding tert-OH is 2. The first-order chi connectivity index (χ1) is 13.8. The van der Waals surface area contributed by atoms with Gasteiger partial charge in [-0.15, -0.1) is 0 Å². The zero-order valence-corrected chi connectivity index (χ0v) is 17.4. The average Bonchev–Trinajstić information content (AvgIpc) is 3.03. The number of benzene rings is 1. The van der Waals surface area contributed by atoms with E-state index in [1.165, 1.54) is 27.9 Å². The lowest BCUT2D eigenvalue weighted by Crippen LogP contribution is -2.30. The highest BCUT2D eigenvalue weighted by atomic mass is 35.5. The highest BCUT2D eigenvalue weighted by Crippen LogP contribution is 2.23. The lowest BCUT2D eigenvalue weighted by Gasteiger charge is -2.15. The fourth-order valence-corrected chi connectivity index (χ4v) is 3.66. The van der Waals surface area contributed by atoms with Crippen LogP contribution in [-0.2, 0) is 13.6 Å². The van der Waals surface area contributed by atoms with Gasteiger partial charge >= 0.3 is 5.69 Å². The Hall–Kier alpha value is -2.27. The van der Waals surface area contributed by atoms with Crippen LogP contribution in [0.5, 0.6) is 5.75 Å². The second kappa shape index (κ2) is 9.04. The van der Waals surface area contributed by atoms with Crippen molar-refractivity contribution in [2.24, 2.45) is 7.05 Å². The number of halogens is 1. The van der Waals surface area contributed by atoms with Crippen molar-refractivity contribution in [2.45, 2.75) is 30.8 Å². The van der Waals surface area contributed by atoms with E-state index in [0.29, 0.717) is 21.7 Å². The number of imidazole rings is 1. The zero-order chi connectivity index (χ0) is 21.1. The van der Waals surface area contributed by atoms with Crippen molar-refractivity contribution in [1.82, 2.24) is 19.1 Å². The molecule has 2 atom stereocenters. The van der Waals surface area contributed by atoms with Gasteiger partial charge in [0, 0.05) is 17.8 Å². The standard InChI is InChI=1S/C18H21ClN4O5S/c1-10(24)9-29-18-20-15-14(16(26)21-17(27)22(15)2)23(18)7-12(25)8-28-13-5-3-11(19)4-6-13/h3-6,10,12,24-25H,7-9H2,1-2H3,(H,21,26,27). The lowest BCUT2D eigenvalue weighted by molar-refractivity contribution is 0.0913. The van der Waals surface area contributed by atoms with E-state index in [9.17, 15) is 19.8 Å². The molecule has 0 saturated carbocycles. The third-order valence-electron chi connectivity index (χ3n) is 4.08. The van der Waals surface area contributed by atoms with Crippen molar-refractivity contribution in [3.63, 3.8) is 0 Å². The van der Waals surface area contributed by atoms with Crippen molar-refractivity contribution in [2.75, 3.05) is 12.4 Å². The number of aromatic nitrogens is 4. The van der Waals surface area contributed by atoms with Gasteiger partial charge in [0.1, 0.15) is 18.5 Å². The SMILES string of the molecule is CC(O)CSc1nc2c(c(=O)[nH]c(=O)n2C)n1CC(O)COc1ccc(Cl)cc1. The Balaban J connectivity index is 1.88. The summed E-state index contributed by atoms with van der Waals surface area (Å²) in [4.78, 5) is 30.9. The molecule has 3 rings (SSSR count). The monoisotopic (exact) mass is 440 g/mol. The van der Waals surface area contributed by atoms with Gasteiger partial charge in [0.2, 0.25) is 0 Å². The van der Waals surface area contributed by atoms with E-state index in [0.717, 1.165) is 0 Å². The summed E-state index contributed by atoms with van der Waals surface area (Å²) in [5.41, 5.74) is -0.792. The third kappa shape index (κ3) is 5.02. The molecule has 2 unspecified atom stereocenters. The molecule has 0 radical (unpaired) electrons. The van der Waals surface area contributed by atoms with Gasteiger partial charge in [-0.05, 0) is 31.2 Å². The number of aromatic amines is 1. The number of nitrogens with one attached hydrogen (secondary N) is 1. The van der Waals surface area contributed by atoms with E-state index in [2.05, 4.69) is 9.97 Å². The highest BCUT2D eigenvalue weighted by Gasteiger charge is 2.20. The van der Waals surface area contributed by atoms with Gasteiger partial charge in [-0.25, -0.2) is 9.78 Å². The number of ether oxygens (including phenoxy) is 1. The Morgan fingerprint density at radius 3 is 2.62 bits per heavy atom. The van der Waals surface area contributed by atoms with Crippen molar-refractivity contribution < 1.29 is 14.9 Å². The normalized spacial score (nSPS) is 13.6. The van der Waals surface area contributed by atoms with E-state index in [4.69, 9.17) is 16.3 Å². The molecule has 3 aromatic rings. The topological polar surface area (TPSA) is 122 Å². The Morgan fingerprint density at radius 1 is 1.28 bits per heavy atom. The predicted molar refractivity (Wildman–Crippen MR) is 111 cm³/mol.